The molecule has 57 heavy (non-hydrogen) atoms. The molecule has 8 rings (SSSR count). The molecule has 0 unspecified atom stereocenters. The van der Waals surface area contributed by atoms with Crippen molar-refractivity contribution in [3.63, 3.8) is 0 Å². The molecule has 12 heteroatoms. The number of hydrogen-bond acceptors (Lipinski definition) is 10. The van der Waals surface area contributed by atoms with Crippen LogP contribution in [-0.2, 0) is 45.4 Å². The van der Waals surface area contributed by atoms with Crippen LogP contribution in [0.1, 0.15) is 78.3 Å². The van der Waals surface area contributed by atoms with E-state index in [-0.39, 0.29) is 9.79 Å². The standard InChI is InChI=1S/C45H54N6O4S2/c1-56(52,53)42-18-14-40(15-19-42)50(46-32-34-28-36-10-6-22-48-23-7-11-37(29-34)44(36)48)26-4-3-5-27-51(41-16-20-43(21-17-41)57(2,54)55)47-33-35-30-38-12-8-24-49-25-9-13-39(31-35)45(38)49/h14-21,28-33H,3-13,22-27H2,1-2H3. The van der Waals surface area contributed by atoms with E-state index in [2.05, 4.69) is 34.1 Å². The van der Waals surface area contributed by atoms with Gasteiger partial charge >= 0.3 is 0 Å². The van der Waals surface area contributed by atoms with E-state index in [1.54, 1.807) is 24.3 Å². The molecule has 0 saturated carbocycles. The fourth-order valence-corrected chi connectivity index (χ4v) is 10.3. The monoisotopic (exact) mass is 806 g/mol. The minimum atomic E-state index is -3.32. The molecule has 300 valence electrons. The number of nitrogens with zero attached hydrogens (tertiary/aromatic N) is 6. The second-order valence-electron chi connectivity index (χ2n) is 16.1. The largest absolute Gasteiger partial charge is 0.371 e. The fourth-order valence-electron chi connectivity index (χ4n) is 9.02. The number of hydrogen-bond donors (Lipinski definition) is 0. The Hall–Kier alpha value is -4.68. The number of unbranched alkanes of at least 4 members (excludes halogenated alkanes) is 2. The van der Waals surface area contributed by atoms with E-state index in [9.17, 15) is 16.8 Å². The highest BCUT2D eigenvalue weighted by molar-refractivity contribution is 7.91. The van der Waals surface area contributed by atoms with Gasteiger partial charge < -0.3 is 9.80 Å². The summed E-state index contributed by atoms with van der Waals surface area (Å²) < 4.78 is 48.9. The predicted octanol–water partition coefficient (Wildman–Crippen LogP) is 7.44. The van der Waals surface area contributed by atoms with Gasteiger partial charge in [0.05, 0.1) is 33.6 Å². The first-order chi connectivity index (χ1) is 27.5. The molecule has 4 aromatic carbocycles. The van der Waals surface area contributed by atoms with Gasteiger partial charge in [-0.1, -0.05) is 0 Å². The summed E-state index contributed by atoms with van der Waals surface area (Å²) in [6.45, 7) is 5.86. The topological polar surface area (TPSA) is 106 Å². The summed E-state index contributed by atoms with van der Waals surface area (Å²) in [6.07, 6.45) is 18.0. The predicted molar refractivity (Wildman–Crippen MR) is 233 cm³/mol. The molecule has 4 aliphatic rings. The summed E-state index contributed by atoms with van der Waals surface area (Å²) in [5, 5.41) is 14.0. The smallest absolute Gasteiger partial charge is 0.175 e. The van der Waals surface area contributed by atoms with Crippen molar-refractivity contribution in [1.29, 1.82) is 0 Å². The van der Waals surface area contributed by atoms with Gasteiger partial charge in [-0.3, -0.25) is 10.0 Å². The maximum atomic E-state index is 12.2. The Morgan fingerprint density at radius 2 is 0.860 bits per heavy atom. The maximum absolute atomic E-state index is 12.2. The molecule has 4 heterocycles. The van der Waals surface area contributed by atoms with Crippen molar-refractivity contribution >= 4 is 54.9 Å². The lowest BCUT2D eigenvalue weighted by Crippen LogP contribution is -2.34. The number of sulfone groups is 2. The molecule has 0 aliphatic carbocycles. The Morgan fingerprint density at radius 3 is 1.18 bits per heavy atom. The van der Waals surface area contributed by atoms with Crippen LogP contribution in [0.4, 0.5) is 22.7 Å². The molecule has 0 aromatic heterocycles. The second kappa shape index (κ2) is 16.7. The highest BCUT2D eigenvalue weighted by atomic mass is 32.2. The highest BCUT2D eigenvalue weighted by Crippen LogP contribution is 2.37. The minimum Gasteiger partial charge on any atom is -0.371 e. The van der Waals surface area contributed by atoms with Gasteiger partial charge in [0, 0.05) is 63.2 Å². The van der Waals surface area contributed by atoms with Crippen LogP contribution >= 0.6 is 0 Å². The zero-order chi connectivity index (χ0) is 39.6. The fraction of sp³-hybridized carbons (Fsp3) is 0.422. The van der Waals surface area contributed by atoms with Crippen molar-refractivity contribution in [2.24, 2.45) is 10.2 Å². The van der Waals surface area contributed by atoms with Crippen LogP contribution in [0.3, 0.4) is 0 Å². The Labute approximate surface area is 338 Å². The van der Waals surface area contributed by atoms with Crippen molar-refractivity contribution in [1.82, 2.24) is 0 Å². The Bertz CT molecular complexity index is 2150. The van der Waals surface area contributed by atoms with Gasteiger partial charge in [-0.2, -0.15) is 10.2 Å². The summed E-state index contributed by atoms with van der Waals surface area (Å²) in [5.41, 5.74) is 12.4. The molecular weight excluding hydrogens is 753 g/mol. The lowest BCUT2D eigenvalue weighted by Gasteiger charge is -2.37. The average Bonchev–Trinajstić information content (AvgIpc) is 3.20. The van der Waals surface area contributed by atoms with E-state index < -0.39 is 19.7 Å². The normalized spacial score (nSPS) is 16.5. The lowest BCUT2D eigenvalue weighted by atomic mass is 9.90. The SMILES string of the molecule is CS(=O)(=O)c1ccc(N(CCCCCN(N=Cc2cc3c4c(c2)CCCN4CCC3)c2ccc(S(C)(=O)=O)cc2)N=Cc2cc3c4c(c2)CCCN4CCC3)cc1. The third kappa shape index (κ3) is 9.07. The zero-order valence-electron chi connectivity index (χ0n) is 33.2. The highest BCUT2D eigenvalue weighted by Gasteiger charge is 2.25. The van der Waals surface area contributed by atoms with E-state index in [1.807, 2.05) is 46.7 Å². The minimum absolute atomic E-state index is 0.288. The molecule has 4 aromatic rings. The molecule has 0 fully saturated rings. The average molecular weight is 807 g/mol. The Morgan fingerprint density at radius 1 is 0.526 bits per heavy atom. The van der Waals surface area contributed by atoms with Crippen molar-refractivity contribution in [3.05, 3.63) is 106 Å². The van der Waals surface area contributed by atoms with Crippen molar-refractivity contribution in [2.75, 3.05) is 71.6 Å². The first kappa shape index (κ1) is 39.2. The second-order valence-corrected chi connectivity index (χ2v) is 20.1. The van der Waals surface area contributed by atoms with Gasteiger partial charge in [-0.25, -0.2) is 16.8 Å². The van der Waals surface area contributed by atoms with Crippen LogP contribution in [0, 0.1) is 0 Å². The summed E-state index contributed by atoms with van der Waals surface area (Å²) in [7, 11) is -6.64. The third-order valence-corrected chi connectivity index (χ3v) is 14.0. The molecule has 10 nitrogen and oxygen atoms in total. The van der Waals surface area contributed by atoms with Crippen LogP contribution < -0.4 is 19.8 Å². The lowest BCUT2D eigenvalue weighted by molar-refractivity contribution is 0.600. The molecule has 0 atom stereocenters. The quantitative estimate of drug-likeness (QED) is 0.0736. The van der Waals surface area contributed by atoms with E-state index >= 15 is 0 Å². The number of rotatable bonds is 14. The van der Waals surface area contributed by atoms with E-state index in [1.165, 1.54) is 71.8 Å². The number of hydrazone groups is 2. The van der Waals surface area contributed by atoms with Crippen molar-refractivity contribution < 1.29 is 16.8 Å². The molecule has 0 saturated heterocycles. The van der Waals surface area contributed by atoms with Gasteiger partial charge in [-0.15, -0.1) is 0 Å². The number of anilines is 4. The maximum Gasteiger partial charge on any atom is 0.175 e. The van der Waals surface area contributed by atoms with Gasteiger partial charge in [0.25, 0.3) is 0 Å². The van der Waals surface area contributed by atoms with Gasteiger partial charge in [0.1, 0.15) is 0 Å². The van der Waals surface area contributed by atoms with Gasteiger partial charge in [-0.05, 0) is 177 Å². The van der Waals surface area contributed by atoms with E-state index in [0.29, 0.717) is 13.1 Å². The number of aryl methyl sites for hydroxylation is 4. The molecule has 0 radical (unpaired) electrons. The van der Waals surface area contributed by atoms with Gasteiger partial charge in [0.2, 0.25) is 0 Å². The Balaban J connectivity index is 0.982. The summed E-state index contributed by atoms with van der Waals surface area (Å²) in [4.78, 5) is 5.66. The molecule has 0 amide bonds. The van der Waals surface area contributed by atoms with Crippen molar-refractivity contribution in [2.45, 2.75) is 80.4 Å². The van der Waals surface area contributed by atoms with Crippen molar-refractivity contribution in [3.8, 4) is 0 Å². The molecule has 4 aliphatic heterocycles. The van der Waals surface area contributed by atoms with Gasteiger partial charge in [0.15, 0.2) is 19.7 Å². The summed E-state index contributed by atoms with van der Waals surface area (Å²) in [5.74, 6) is 0. The molecule has 0 bridgehead atoms. The van der Waals surface area contributed by atoms with Crippen LogP contribution in [0.5, 0.6) is 0 Å². The number of benzene rings is 4. The van der Waals surface area contributed by atoms with Crippen LogP contribution in [0.25, 0.3) is 0 Å². The summed E-state index contributed by atoms with van der Waals surface area (Å²) >= 11 is 0. The van der Waals surface area contributed by atoms with Crippen LogP contribution in [0.2, 0.25) is 0 Å². The van der Waals surface area contributed by atoms with Crippen LogP contribution in [-0.4, -0.2) is 81.0 Å². The van der Waals surface area contributed by atoms with Crippen LogP contribution in [0.15, 0.2) is 92.8 Å². The molecule has 0 N–H and O–H groups in total. The first-order valence-corrected chi connectivity index (χ1v) is 24.3. The van der Waals surface area contributed by atoms with E-state index in [0.717, 1.165) is 93.6 Å². The third-order valence-electron chi connectivity index (χ3n) is 11.8. The Kier molecular flexibility index (Phi) is 11.4. The molecular formula is C45H54N6O4S2. The first-order valence-electron chi connectivity index (χ1n) is 20.5. The van der Waals surface area contributed by atoms with E-state index in [4.69, 9.17) is 10.2 Å². The zero-order valence-corrected chi connectivity index (χ0v) is 34.9. The summed E-state index contributed by atoms with van der Waals surface area (Å²) in [6, 6.07) is 23.1. The molecule has 0 spiro atoms.